The molecule has 1 aliphatic carbocycles. The van der Waals surface area contributed by atoms with Gasteiger partial charge in [-0.25, -0.2) is 0 Å². The second-order valence-corrected chi connectivity index (χ2v) is 13.8. The minimum absolute atomic E-state index is 0.159. The van der Waals surface area contributed by atoms with Crippen LogP contribution in [0.15, 0.2) is 188 Å². The molecule has 0 saturated carbocycles. The Morgan fingerprint density at radius 3 is 1.34 bits per heavy atom. The summed E-state index contributed by atoms with van der Waals surface area (Å²) < 4.78 is 0. The van der Waals surface area contributed by atoms with E-state index < -0.39 is 0 Å². The highest BCUT2D eigenvalue weighted by Crippen LogP contribution is 2.51. The molecule has 50 heavy (non-hydrogen) atoms. The van der Waals surface area contributed by atoms with Crippen LogP contribution in [0.25, 0.3) is 55.3 Å². The third-order valence-electron chi connectivity index (χ3n) is 10.5. The summed E-state index contributed by atoms with van der Waals surface area (Å²) in [7, 11) is 0. The van der Waals surface area contributed by atoms with E-state index >= 15 is 0 Å². The van der Waals surface area contributed by atoms with Gasteiger partial charge in [-0.2, -0.15) is 0 Å². The summed E-state index contributed by atoms with van der Waals surface area (Å²) in [6.07, 6.45) is 0. The summed E-state index contributed by atoms with van der Waals surface area (Å²) in [4.78, 5) is 2.39. The Morgan fingerprint density at radius 2 is 0.740 bits per heavy atom. The number of hydrogen-bond donors (Lipinski definition) is 0. The molecule has 0 heterocycles. The topological polar surface area (TPSA) is 3.24 Å². The maximum atomic E-state index is 2.42. The van der Waals surface area contributed by atoms with Crippen molar-refractivity contribution in [2.24, 2.45) is 0 Å². The molecule has 0 unspecified atom stereocenters. The van der Waals surface area contributed by atoms with Crippen LogP contribution in [0.5, 0.6) is 0 Å². The van der Waals surface area contributed by atoms with E-state index in [0.29, 0.717) is 0 Å². The van der Waals surface area contributed by atoms with Crippen LogP contribution in [0.4, 0.5) is 17.1 Å². The summed E-state index contributed by atoms with van der Waals surface area (Å²) in [6, 6.07) is 68.6. The summed E-state index contributed by atoms with van der Waals surface area (Å²) in [5.41, 5.74) is 16.0. The van der Waals surface area contributed by atoms with Gasteiger partial charge in [-0.05, 0) is 115 Å². The minimum Gasteiger partial charge on any atom is -0.310 e. The molecular weight excluding hydrogens is 603 g/mol. The molecule has 1 aliphatic rings. The van der Waals surface area contributed by atoms with Gasteiger partial charge in [-0.1, -0.05) is 153 Å². The van der Waals surface area contributed by atoms with Crippen molar-refractivity contribution < 1.29 is 0 Å². The van der Waals surface area contributed by atoms with E-state index in [0.717, 1.165) is 17.1 Å². The maximum absolute atomic E-state index is 2.42. The summed E-state index contributed by atoms with van der Waals surface area (Å²) in [5.74, 6) is 0. The quantitative estimate of drug-likeness (QED) is 0.175. The summed E-state index contributed by atoms with van der Waals surface area (Å²) in [6.45, 7) is 4.75. The number of anilines is 3. The second-order valence-electron chi connectivity index (χ2n) is 13.8. The Kier molecular flexibility index (Phi) is 7.21. The molecule has 1 heteroatoms. The van der Waals surface area contributed by atoms with Crippen LogP contribution in [-0.4, -0.2) is 0 Å². The van der Waals surface area contributed by atoms with Gasteiger partial charge in [0.15, 0.2) is 0 Å². The number of fused-ring (bicyclic) bond motifs is 4. The number of hydrogen-bond acceptors (Lipinski definition) is 1. The van der Waals surface area contributed by atoms with Crippen LogP contribution in [0.1, 0.15) is 25.0 Å². The van der Waals surface area contributed by atoms with Crippen molar-refractivity contribution in [2.45, 2.75) is 19.3 Å². The van der Waals surface area contributed by atoms with Gasteiger partial charge < -0.3 is 4.90 Å². The van der Waals surface area contributed by atoms with Gasteiger partial charge in [-0.15, -0.1) is 0 Å². The van der Waals surface area contributed by atoms with Crippen LogP contribution in [-0.2, 0) is 5.41 Å². The number of benzene rings is 8. The normalized spacial score (nSPS) is 12.8. The van der Waals surface area contributed by atoms with E-state index in [2.05, 4.69) is 207 Å². The predicted octanol–water partition coefficient (Wildman–Crippen LogP) is 13.6. The number of rotatable bonds is 6. The first kappa shape index (κ1) is 29.9. The fourth-order valence-corrected chi connectivity index (χ4v) is 7.73. The molecule has 1 nitrogen and oxygen atoms in total. The molecular formula is C49H37N. The van der Waals surface area contributed by atoms with Gasteiger partial charge in [0.1, 0.15) is 0 Å². The van der Waals surface area contributed by atoms with E-state index in [1.54, 1.807) is 0 Å². The molecule has 0 aromatic heterocycles. The average molecular weight is 640 g/mol. The van der Waals surface area contributed by atoms with Crippen LogP contribution in [0.2, 0.25) is 0 Å². The zero-order valence-corrected chi connectivity index (χ0v) is 28.3. The van der Waals surface area contributed by atoms with Crippen molar-refractivity contribution in [2.75, 3.05) is 4.90 Å². The number of nitrogens with zero attached hydrogens (tertiary/aromatic N) is 1. The predicted molar refractivity (Wildman–Crippen MR) is 213 cm³/mol. The Morgan fingerprint density at radius 1 is 0.320 bits per heavy atom. The third kappa shape index (κ3) is 5.19. The van der Waals surface area contributed by atoms with Crippen molar-refractivity contribution in [1.82, 2.24) is 0 Å². The maximum Gasteiger partial charge on any atom is 0.0465 e. The fraction of sp³-hybridized carbons (Fsp3) is 0.0612. The lowest BCUT2D eigenvalue weighted by Gasteiger charge is -2.28. The van der Waals surface area contributed by atoms with E-state index in [1.165, 1.54) is 66.4 Å². The van der Waals surface area contributed by atoms with Gasteiger partial charge in [0.2, 0.25) is 0 Å². The van der Waals surface area contributed by atoms with E-state index in [1.807, 2.05) is 0 Å². The molecule has 0 N–H and O–H groups in total. The lowest BCUT2D eigenvalue weighted by atomic mass is 9.81. The largest absolute Gasteiger partial charge is 0.310 e. The van der Waals surface area contributed by atoms with Crippen molar-refractivity contribution in [3.05, 3.63) is 199 Å². The molecule has 0 fully saturated rings. The monoisotopic (exact) mass is 639 g/mol. The van der Waals surface area contributed by atoms with Crippen molar-refractivity contribution in [1.29, 1.82) is 0 Å². The summed E-state index contributed by atoms with van der Waals surface area (Å²) in [5, 5.41) is 2.54. The highest BCUT2D eigenvalue weighted by atomic mass is 15.1. The van der Waals surface area contributed by atoms with Crippen LogP contribution >= 0.6 is 0 Å². The lowest BCUT2D eigenvalue weighted by molar-refractivity contribution is 0.660. The molecule has 0 spiro atoms. The SMILES string of the molecule is CC1(C)c2cc(-c3ccc4ccccc4c3)ccc2-c2ccc(N(c3ccc(-c4ccccc4)cc3)c3ccc(-c4ccccc4)cc3)cc21. The molecule has 8 aromatic rings. The Bertz CT molecular complexity index is 2390. The first-order valence-corrected chi connectivity index (χ1v) is 17.4. The third-order valence-corrected chi connectivity index (χ3v) is 10.5. The molecule has 0 aliphatic heterocycles. The fourth-order valence-electron chi connectivity index (χ4n) is 7.73. The first-order chi connectivity index (χ1) is 24.5. The standard InChI is InChI=1S/C49H37N/c1-49(2)47-32-41(40-18-17-36-15-9-10-16-39(36)31-40)23-29-45(47)46-30-28-44(33-48(46)49)50(42-24-19-37(20-25-42)34-11-5-3-6-12-34)43-26-21-38(22-27-43)35-13-7-4-8-14-35/h3-33H,1-2H3. The van der Waals surface area contributed by atoms with Gasteiger partial charge in [0, 0.05) is 22.5 Å². The Labute approximate surface area is 294 Å². The molecule has 238 valence electrons. The van der Waals surface area contributed by atoms with Crippen molar-refractivity contribution in [3.8, 4) is 44.5 Å². The molecule has 0 saturated heterocycles. The first-order valence-electron chi connectivity index (χ1n) is 17.4. The van der Waals surface area contributed by atoms with Gasteiger partial charge >= 0.3 is 0 Å². The zero-order valence-electron chi connectivity index (χ0n) is 28.3. The minimum atomic E-state index is -0.159. The van der Waals surface area contributed by atoms with Crippen LogP contribution in [0, 0.1) is 0 Å². The van der Waals surface area contributed by atoms with Gasteiger partial charge in [0.05, 0.1) is 0 Å². The zero-order chi connectivity index (χ0) is 33.7. The van der Waals surface area contributed by atoms with Crippen molar-refractivity contribution >= 4 is 27.8 Å². The molecule has 9 rings (SSSR count). The van der Waals surface area contributed by atoms with Gasteiger partial charge in [0.25, 0.3) is 0 Å². The van der Waals surface area contributed by atoms with E-state index in [4.69, 9.17) is 0 Å². The van der Waals surface area contributed by atoms with Crippen molar-refractivity contribution in [3.63, 3.8) is 0 Å². The molecule has 0 radical (unpaired) electrons. The van der Waals surface area contributed by atoms with E-state index in [-0.39, 0.29) is 5.41 Å². The molecule has 0 atom stereocenters. The van der Waals surface area contributed by atoms with Crippen LogP contribution < -0.4 is 4.90 Å². The second kappa shape index (κ2) is 12.1. The highest BCUT2D eigenvalue weighted by molar-refractivity contribution is 5.90. The smallest absolute Gasteiger partial charge is 0.0465 e. The lowest BCUT2D eigenvalue weighted by Crippen LogP contribution is -2.16. The molecule has 0 amide bonds. The highest BCUT2D eigenvalue weighted by Gasteiger charge is 2.36. The van der Waals surface area contributed by atoms with E-state index in [9.17, 15) is 0 Å². The Balaban J connectivity index is 1.12. The van der Waals surface area contributed by atoms with Gasteiger partial charge in [-0.3, -0.25) is 0 Å². The molecule has 8 aromatic carbocycles. The van der Waals surface area contributed by atoms with Crippen LogP contribution in [0.3, 0.4) is 0 Å². The average Bonchev–Trinajstić information content (AvgIpc) is 3.41. The molecule has 0 bridgehead atoms. The Hall–Kier alpha value is -6.18. The summed E-state index contributed by atoms with van der Waals surface area (Å²) >= 11 is 0.